The molecule has 0 fully saturated rings. The highest BCUT2D eigenvalue weighted by Gasteiger charge is 2.18. The van der Waals surface area contributed by atoms with Crippen LogP contribution in [0.1, 0.15) is 0 Å². The van der Waals surface area contributed by atoms with Crippen molar-refractivity contribution in [3.8, 4) is 22.3 Å². The van der Waals surface area contributed by atoms with Crippen LogP contribution in [-0.2, 0) is 0 Å². The van der Waals surface area contributed by atoms with Crippen molar-refractivity contribution in [2.45, 2.75) is 0 Å². The largest absolute Gasteiger partial charge is 0.453 e. The van der Waals surface area contributed by atoms with Crippen molar-refractivity contribution in [2.24, 2.45) is 0 Å². The van der Waals surface area contributed by atoms with E-state index >= 15 is 0 Å². The normalized spacial score (nSPS) is 12.0. The summed E-state index contributed by atoms with van der Waals surface area (Å²) in [6.45, 7) is 0. The number of rotatable bonds is 2. The molecule has 0 aliphatic rings. The standard InChI is InChI=1S/C36H20N2O2/c1-3-10-25-21(6-1)12-14-29-31-35(39-33(25)29)27(16-18-37-31)23-8-5-9-24(20-23)28-17-19-38-32-30-15-13-22-7-2-4-11-26(22)34(30)40-36(28)32/h1-20H. The lowest BCUT2D eigenvalue weighted by atomic mass is 9.98. The van der Waals surface area contributed by atoms with Crippen molar-refractivity contribution < 1.29 is 8.83 Å². The molecule has 0 saturated heterocycles. The fraction of sp³-hybridized carbons (Fsp3) is 0. The number of aromatic nitrogens is 2. The fourth-order valence-corrected chi connectivity index (χ4v) is 6.08. The Kier molecular flexibility index (Phi) is 4.30. The molecule has 0 bridgehead atoms. The highest BCUT2D eigenvalue weighted by Crippen LogP contribution is 2.41. The first-order valence-electron chi connectivity index (χ1n) is 13.3. The highest BCUT2D eigenvalue weighted by atomic mass is 16.3. The molecule has 0 aliphatic carbocycles. The van der Waals surface area contributed by atoms with Gasteiger partial charge in [-0.15, -0.1) is 0 Å². The molecule has 0 N–H and O–H groups in total. The first-order valence-corrected chi connectivity index (χ1v) is 13.3. The summed E-state index contributed by atoms with van der Waals surface area (Å²) < 4.78 is 13.1. The van der Waals surface area contributed by atoms with Crippen LogP contribution in [0.5, 0.6) is 0 Å². The second-order valence-electron chi connectivity index (χ2n) is 10.2. The van der Waals surface area contributed by atoms with Crippen LogP contribution in [0, 0.1) is 0 Å². The SMILES string of the molecule is c1cc(-c2ccnc3c2oc2c4ccccc4ccc32)cc(-c2ccnc3c2oc2c4ccccc4ccc32)c1. The number of hydrogen-bond acceptors (Lipinski definition) is 4. The van der Waals surface area contributed by atoms with E-state index in [0.717, 1.165) is 87.9 Å². The molecule has 9 rings (SSSR count). The molecule has 40 heavy (non-hydrogen) atoms. The van der Waals surface area contributed by atoms with E-state index in [2.05, 4.69) is 72.8 Å². The Morgan fingerprint density at radius 1 is 0.400 bits per heavy atom. The maximum Gasteiger partial charge on any atom is 0.161 e. The maximum atomic E-state index is 6.56. The van der Waals surface area contributed by atoms with Gasteiger partial charge < -0.3 is 8.83 Å². The Labute approximate surface area is 228 Å². The predicted molar refractivity (Wildman–Crippen MR) is 162 cm³/mol. The molecule has 5 aromatic carbocycles. The molecule has 4 heteroatoms. The van der Waals surface area contributed by atoms with E-state index in [1.165, 1.54) is 0 Å². The van der Waals surface area contributed by atoms with Crippen molar-refractivity contribution >= 4 is 65.7 Å². The topological polar surface area (TPSA) is 52.1 Å². The van der Waals surface area contributed by atoms with Crippen LogP contribution in [0.15, 0.2) is 130 Å². The first-order chi connectivity index (χ1) is 19.8. The maximum absolute atomic E-state index is 6.56. The van der Waals surface area contributed by atoms with Crippen LogP contribution in [0.4, 0.5) is 0 Å². The summed E-state index contributed by atoms with van der Waals surface area (Å²) in [6.07, 6.45) is 3.73. The van der Waals surface area contributed by atoms with Crippen molar-refractivity contribution in [1.82, 2.24) is 9.97 Å². The second kappa shape index (κ2) is 8.01. The zero-order valence-electron chi connectivity index (χ0n) is 21.3. The lowest BCUT2D eigenvalue weighted by Gasteiger charge is -2.07. The van der Waals surface area contributed by atoms with E-state index in [-0.39, 0.29) is 0 Å². The fourth-order valence-electron chi connectivity index (χ4n) is 6.08. The molecule has 0 aliphatic heterocycles. The van der Waals surface area contributed by atoms with Crippen molar-refractivity contribution in [3.63, 3.8) is 0 Å². The van der Waals surface area contributed by atoms with Crippen LogP contribution in [0.2, 0.25) is 0 Å². The van der Waals surface area contributed by atoms with Crippen molar-refractivity contribution in [1.29, 1.82) is 0 Å². The summed E-state index contributed by atoms with van der Waals surface area (Å²) in [5, 5.41) is 6.54. The lowest BCUT2D eigenvalue weighted by molar-refractivity contribution is 0.673. The number of fused-ring (bicyclic) bond motifs is 10. The van der Waals surface area contributed by atoms with Gasteiger partial charge in [-0.3, -0.25) is 9.97 Å². The summed E-state index contributed by atoms with van der Waals surface area (Å²) in [6, 6.07) is 37.7. The summed E-state index contributed by atoms with van der Waals surface area (Å²) >= 11 is 0. The number of benzene rings is 5. The third kappa shape index (κ3) is 2.96. The molecular formula is C36H20N2O2. The molecule has 4 aromatic heterocycles. The number of pyridine rings is 2. The predicted octanol–water partition coefficient (Wildman–Crippen LogP) is 9.92. The van der Waals surface area contributed by atoms with Crippen LogP contribution in [0.25, 0.3) is 87.9 Å². The van der Waals surface area contributed by atoms with Gasteiger partial charge in [-0.05, 0) is 52.2 Å². The van der Waals surface area contributed by atoms with E-state index < -0.39 is 0 Å². The number of nitrogens with zero attached hydrogens (tertiary/aromatic N) is 2. The summed E-state index contributed by atoms with van der Waals surface area (Å²) in [4.78, 5) is 9.43. The van der Waals surface area contributed by atoms with Gasteiger partial charge in [0.1, 0.15) is 22.2 Å². The zero-order valence-corrected chi connectivity index (χ0v) is 21.3. The van der Waals surface area contributed by atoms with Gasteiger partial charge in [-0.25, -0.2) is 0 Å². The Bertz CT molecular complexity index is 2280. The van der Waals surface area contributed by atoms with E-state index in [1.54, 1.807) is 0 Å². The lowest BCUT2D eigenvalue weighted by Crippen LogP contribution is -1.85. The van der Waals surface area contributed by atoms with Gasteiger partial charge >= 0.3 is 0 Å². The molecule has 0 amide bonds. The smallest absolute Gasteiger partial charge is 0.161 e. The zero-order chi connectivity index (χ0) is 26.2. The third-order valence-electron chi connectivity index (χ3n) is 7.97. The van der Waals surface area contributed by atoms with Gasteiger partial charge in [0.25, 0.3) is 0 Å². The molecule has 0 spiro atoms. The van der Waals surface area contributed by atoms with Crippen LogP contribution >= 0.6 is 0 Å². The Hall–Kier alpha value is -5.48. The average molecular weight is 513 g/mol. The molecule has 0 unspecified atom stereocenters. The van der Waals surface area contributed by atoms with E-state index in [4.69, 9.17) is 18.8 Å². The van der Waals surface area contributed by atoms with Crippen LogP contribution < -0.4 is 0 Å². The molecular weight excluding hydrogens is 492 g/mol. The molecule has 0 saturated carbocycles. The summed E-state index contributed by atoms with van der Waals surface area (Å²) in [5.74, 6) is 0. The molecule has 4 heterocycles. The number of furan rings is 2. The second-order valence-corrected chi connectivity index (χ2v) is 10.2. The van der Waals surface area contributed by atoms with Crippen molar-refractivity contribution in [3.05, 3.63) is 122 Å². The molecule has 186 valence electrons. The van der Waals surface area contributed by atoms with E-state index in [9.17, 15) is 0 Å². The minimum Gasteiger partial charge on any atom is -0.453 e. The van der Waals surface area contributed by atoms with Gasteiger partial charge in [0.15, 0.2) is 11.2 Å². The quantitative estimate of drug-likeness (QED) is 0.231. The van der Waals surface area contributed by atoms with Gasteiger partial charge in [-0.2, -0.15) is 0 Å². The average Bonchev–Trinajstić information content (AvgIpc) is 3.60. The number of hydrogen-bond donors (Lipinski definition) is 0. The van der Waals surface area contributed by atoms with E-state index in [1.807, 2.05) is 48.8 Å². The van der Waals surface area contributed by atoms with Gasteiger partial charge in [0, 0.05) is 45.1 Å². The minimum absolute atomic E-state index is 0.793. The van der Waals surface area contributed by atoms with Gasteiger partial charge in [0.05, 0.1) is 0 Å². The highest BCUT2D eigenvalue weighted by molar-refractivity contribution is 6.17. The van der Waals surface area contributed by atoms with E-state index in [0.29, 0.717) is 0 Å². The summed E-state index contributed by atoms with van der Waals surface area (Å²) in [5.41, 5.74) is 9.20. The van der Waals surface area contributed by atoms with Crippen molar-refractivity contribution in [2.75, 3.05) is 0 Å². The minimum atomic E-state index is 0.793. The van der Waals surface area contributed by atoms with Crippen LogP contribution in [-0.4, -0.2) is 9.97 Å². The Balaban J connectivity index is 1.26. The monoisotopic (exact) mass is 512 g/mol. The first kappa shape index (κ1) is 21.5. The Morgan fingerprint density at radius 2 is 0.900 bits per heavy atom. The Morgan fingerprint density at radius 3 is 1.43 bits per heavy atom. The molecule has 0 radical (unpaired) electrons. The third-order valence-corrected chi connectivity index (χ3v) is 7.97. The van der Waals surface area contributed by atoms with Gasteiger partial charge in [0.2, 0.25) is 0 Å². The molecule has 4 nitrogen and oxygen atoms in total. The summed E-state index contributed by atoms with van der Waals surface area (Å²) in [7, 11) is 0. The van der Waals surface area contributed by atoms with Crippen LogP contribution in [0.3, 0.4) is 0 Å². The van der Waals surface area contributed by atoms with Gasteiger partial charge in [-0.1, -0.05) is 78.9 Å². The molecule has 0 atom stereocenters. The molecule has 9 aromatic rings.